The van der Waals surface area contributed by atoms with E-state index >= 15 is 0 Å². The van der Waals surface area contributed by atoms with E-state index in [-0.39, 0.29) is 12.0 Å². The largest absolute Gasteiger partial charge is 0.494 e. The Morgan fingerprint density at radius 2 is 1.80 bits per heavy atom. The Morgan fingerprint density at radius 3 is 2.49 bits per heavy atom. The zero-order chi connectivity index (χ0) is 24.6. The topological polar surface area (TPSA) is 88.6 Å². The molecule has 0 atom stereocenters. The van der Waals surface area contributed by atoms with Crippen molar-refractivity contribution in [2.75, 3.05) is 26.2 Å². The van der Waals surface area contributed by atoms with E-state index in [9.17, 15) is 10.1 Å². The molecule has 1 aliphatic carbocycles. The molecule has 2 aromatic rings. The number of piperidine rings is 1. The molecule has 1 saturated heterocycles. The number of primary amides is 1. The Kier molecular flexibility index (Phi) is 8.65. The summed E-state index contributed by atoms with van der Waals surface area (Å²) in [5.41, 5.74) is 7.84. The van der Waals surface area contributed by atoms with Gasteiger partial charge in [0.25, 0.3) is 0 Å². The fraction of sp³-hybridized carbons (Fsp3) is 0.517. The average Bonchev–Trinajstić information content (AvgIpc) is 2.89. The number of benzene rings is 2. The highest BCUT2D eigenvalue weighted by atomic mass is 16.5. The second-order valence-corrected chi connectivity index (χ2v) is 9.82. The molecule has 2 N–H and O–H groups in total. The number of hydrogen-bond acceptors (Lipinski definition) is 5. The van der Waals surface area contributed by atoms with E-state index in [2.05, 4.69) is 11.0 Å². The fourth-order valence-corrected chi connectivity index (χ4v) is 5.53. The van der Waals surface area contributed by atoms with Crippen molar-refractivity contribution in [1.82, 2.24) is 4.90 Å². The lowest BCUT2D eigenvalue weighted by atomic mass is 9.77. The highest BCUT2D eigenvalue weighted by molar-refractivity contribution is 5.93. The van der Waals surface area contributed by atoms with Gasteiger partial charge in [-0.25, -0.2) is 0 Å². The number of nitriles is 1. The molecule has 2 aliphatic rings. The molecule has 0 spiro atoms. The third-order valence-electron chi connectivity index (χ3n) is 7.57. The second kappa shape index (κ2) is 12.1. The molecule has 4 rings (SSSR count). The van der Waals surface area contributed by atoms with Crippen molar-refractivity contribution < 1.29 is 14.3 Å². The van der Waals surface area contributed by atoms with Crippen LogP contribution >= 0.6 is 0 Å². The molecule has 1 amide bonds. The molecule has 6 nitrogen and oxygen atoms in total. The maximum atomic E-state index is 11.7. The summed E-state index contributed by atoms with van der Waals surface area (Å²) in [6.45, 7) is 5.84. The Balaban J connectivity index is 1.22. The smallest absolute Gasteiger partial charge is 0.248 e. The van der Waals surface area contributed by atoms with Crippen molar-refractivity contribution in [1.29, 1.82) is 5.26 Å². The van der Waals surface area contributed by atoms with Crippen molar-refractivity contribution in [3.63, 3.8) is 0 Å². The van der Waals surface area contributed by atoms with Gasteiger partial charge in [0.1, 0.15) is 23.7 Å². The maximum Gasteiger partial charge on any atom is 0.248 e. The number of nitrogens with two attached hydrogens (primary N) is 1. The van der Waals surface area contributed by atoms with Crippen LogP contribution in [0.1, 0.15) is 79.3 Å². The molecular formula is C29H37N3O3. The number of rotatable bonds is 9. The van der Waals surface area contributed by atoms with Gasteiger partial charge in [0.2, 0.25) is 5.91 Å². The van der Waals surface area contributed by atoms with E-state index in [1.54, 1.807) is 6.07 Å². The van der Waals surface area contributed by atoms with Gasteiger partial charge < -0.3 is 20.1 Å². The first-order valence-corrected chi connectivity index (χ1v) is 13.0. The summed E-state index contributed by atoms with van der Waals surface area (Å²) in [5, 5.41) is 9.27. The number of nitrogens with zero attached hydrogens (tertiary/aromatic N) is 2. The molecule has 0 radical (unpaired) electrons. The van der Waals surface area contributed by atoms with Gasteiger partial charge >= 0.3 is 0 Å². The summed E-state index contributed by atoms with van der Waals surface area (Å²) in [4.78, 5) is 14.3. The van der Waals surface area contributed by atoms with Gasteiger partial charge in [0, 0.05) is 18.7 Å². The van der Waals surface area contributed by atoms with Gasteiger partial charge in [-0.2, -0.15) is 5.26 Å². The molecule has 1 aliphatic heterocycles. The molecule has 0 aromatic heterocycles. The highest BCUT2D eigenvalue weighted by Gasteiger charge is 2.27. The lowest BCUT2D eigenvalue weighted by Crippen LogP contribution is -2.39. The Labute approximate surface area is 209 Å². The van der Waals surface area contributed by atoms with Crippen molar-refractivity contribution in [3.8, 4) is 17.6 Å². The predicted octanol–water partition coefficient (Wildman–Crippen LogP) is 5.26. The van der Waals surface area contributed by atoms with Crippen molar-refractivity contribution in [3.05, 3.63) is 59.2 Å². The number of hydrogen-bond donors (Lipinski definition) is 1. The summed E-state index contributed by atoms with van der Waals surface area (Å²) in [6.07, 6.45) is 8.10. The van der Waals surface area contributed by atoms with Crippen LogP contribution in [0.25, 0.3) is 0 Å². The van der Waals surface area contributed by atoms with Crippen LogP contribution in [0.3, 0.4) is 0 Å². The molecule has 1 saturated carbocycles. The minimum Gasteiger partial charge on any atom is -0.494 e. The third kappa shape index (κ3) is 6.55. The third-order valence-corrected chi connectivity index (χ3v) is 7.57. The first-order valence-electron chi connectivity index (χ1n) is 13.0. The lowest BCUT2D eigenvalue weighted by Gasteiger charge is -2.34. The van der Waals surface area contributed by atoms with Crippen molar-refractivity contribution in [2.45, 2.75) is 63.9 Å². The number of likely N-dealkylation sites (tertiary alicyclic amines) is 1. The minimum absolute atomic E-state index is 0.187. The molecular weight excluding hydrogens is 438 g/mol. The van der Waals surface area contributed by atoms with Crippen LogP contribution in [-0.2, 0) is 0 Å². The fourth-order valence-electron chi connectivity index (χ4n) is 5.53. The van der Waals surface area contributed by atoms with Crippen LogP contribution in [0.5, 0.6) is 11.5 Å². The van der Waals surface area contributed by atoms with E-state index in [0.29, 0.717) is 29.4 Å². The number of carbonyl (C=O) groups is 1. The average molecular weight is 476 g/mol. The number of para-hydroxylation sites is 1. The van der Waals surface area contributed by atoms with Gasteiger partial charge in [-0.05, 0) is 106 Å². The van der Waals surface area contributed by atoms with Crippen LogP contribution in [-0.4, -0.2) is 43.2 Å². The van der Waals surface area contributed by atoms with E-state index in [1.807, 2.05) is 43.3 Å². The maximum absolute atomic E-state index is 11.7. The molecule has 0 unspecified atom stereocenters. The minimum atomic E-state index is -0.383. The number of amides is 1. The standard InChI is InChI=1S/C29H37N3O3/c1-2-34-28-12-11-23(29(31)33)19-26(28)22-9-7-21(8-10-22)13-16-32-17-14-25(15-18-32)35-27-6-4-3-5-24(27)20-30/h3-6,11-12,19,21-22,25H,2,7-10,13-18H2,1H3,(H2,31,33). The van der Waals surface area contributed by atoms with Crippen molar-refractivity contribution >= 4 is 5.91 Å². The second-order valence-electron chi connectivity index (χ2n) is 9.82. The normalized spacial score (nSPS) is 21.3. The number of ether oxygens (including phenoxy) is 2. The molecule has 35 heavy (non-hydrogen) atoms. The summed E-state index contributed by atoms with van der Waals surface area (Å²) in [7, 11) is 0. The van der Waals surface area contributed by atoms with E-state index in [4.69, 9.17) is 15.2 Å². The monoisotopic (exact) mass is 475 g/mol. The quantitative estimate of drug-likeness (QED) is 0.534. The molecule has 0 bridgehead atoms. The summed E-state index contributed by atoms with van der Waals surface area (Å²) >= 11 is 0. The van der Waals surface area contributed by atoms with Crippen LogP contribution < -0.4 is 15.2 Å². The van der Waals surface area contributed by atoms with Gasteiger partial charge in [-0.1, -0.05) is 12.1 Å². The van der Waals surface area contributed by atoms with E-state index in [1.165, 1.54) is 19.3 Å². The zero-order valence-corrected chi connectivity index (χ0v) is 20.7. The van der Waals surface area contributed by atoms with Crippen LogP contribution in [0.15, 0.2) is 42.5 Å². The summed E-state index contributed by atoms with van der Waals surface area (Å²) in [6, 6.07) is 15.3. The van der Waals surface area contributed by atoms with Crippen LogP contribution in [0, 0.1) is 17.2 Å². The van der Waals surface area contributed by atoms with E-state index in [0.717, 1.165) is 62.5 Å². The molecule has 1 heterocycles. The zero-order valence-electron chi connectivity index (χ0n) is 20.7. The Morgan fingerprint density at radius 1 is 1.06 bits per heavy atom. The van der Waals surface area contributed by atoms with Gasteiger partial charge in [-0.3, -0.25) is 4.79 Å². The molecule has 6 heteroatoms. The number of carbonyl (C=O) groups excluding carboxylic acids is 1. The SMILES string of the molecule is CCOc1ccc(C(N)=O)cc1C1CCC(CCN2CCC(Oc3ccccc3C#N)CC2)CC1. The summed E-state index contributed by atoms with van der Waals surface area (Å²) < 4.78 is 12.0. The molecule has 2 fully saturated rings. The van der Waals surface area contributed by atoms with Crippen molar-refractivity contribution in [2.24, 2.45) is 11.7 Å². The highest BCUT2D eigenvalue weighted by Crippen LogP contribution is 2.41. The molecule has 186 valence electrons. The predicted molar refractivity (Wildman–Crippen MR) is 137 cm³/mol. The van der Waals surface area contributed by atoms with Crippen LogP contribution in [0.4, 0.5) is 0 Å². The summed E-state index contributed by atoms with van der Waals surface area (Å²) in [5.74, 6) is 2.39. The van der Waals surface area contributed by atoms with E-state index < -0.39 is 0 Å². The first kappa shape index (κ1) is 25.1. The lowest BCUT2D eigenvalue weighted by molar-refractivity contribution is 0.0949. The first-order chi connectivity index (χ1) is 17.1. The Bertz CT molecular complexity index is 1030. The van der Waals surface area contributed by atoms with Crippen LogP contribution in [0.2, 0.25) is 0 Å². The van der Waals surface area contributed by atoms with Gasteiger partial charge in [0.15, 0.2) is 0 Å². The van der Waals surface area contributed by atoms with Gasteiger partial charge in [0.05, 0.1) is 12.2 Å². The van der Waals surface area contributed by atoms with Gasteiger partial charge in [-0.15, -0.1) is 0 Å². The Hall–Kier alpha value is -3.04. The molecule has 2 aromatic carbocycles.